The van der Waals surface area contributed by atoms with Crippen molar-refractivity contribution in [1.29, 1.82) is 0 Å². The summed E-state index contributed by atoms with van der Waals surface area (Å²) in [5, 5.41) is 4.80. The van der Waals surface area contributed by atoms with E-state index < -0.39 is 0 Å². The van der Waals surface area contributed by atoms with Crippen LogP contribution in [0, 0.1) is 0 Å². The molecular weight excluding hydrogens is 212 g/mol. The first-order chi connectivity index (χ1) is 7.29. The molecule has 0 radical (unpaired) electrons. The minimum absolute atomic E-state index is 0.154. The number of nitrogens with zero attached hydrogens (tertiary/aromatic N) is 2. The van der Waals surface area contributed by atoms with E-state index >= 15 is 0 Å². The van der Waals surface area contributed by atoms with E-state index in [9.17, 15) is 4.79 Å². The van der Waals surface area contributed by atoms with Crippen molar-refractivity contribution >= 4 is 11.3 Å². The van der Waals surface area contributed by atoms with Gasteiger partial charge in [-0.1, -0.05) is 0 Å². The highest BCUT2D eigenvalue weighted by Crippen LogP contribution is 2.12. The van der Waals surface area contributed by atoms with Crippen LogP contribution in [0.15, 0.2) is 21.8 Å². The van der Waals surface area contributed by atoms with Crippen molar-refractivity contribution in [3.05, 3.63) is 33.0 Å². The van der Waals surface area contributed by atoms with Crippen molar-refractivity contribution < 1.29 is 0 Å². The van der Waals surface area contributed by atoms with Crippen LogP contribution < -0.4 is 10.9 Å². The summed E-state index contributed by atoms with van der Waals surface area (Å²) in [7, 11) is 1.81. The highest BCUT2D eigenvalue weighted by molar-refractivity contribution is 7.07. The molecule has 0 fully saturated rings. The molecule has 2 aromatic rings. The van der Waals surface area contributed by atoms with Crippen LogP contribution in [-0.4, -0.2) is 22.0 Å². The molecule has 0 unspecified atom stereocenters. The van der Waals surface area contributed by atoms with Gasteiger partial charge in [-0.05, 0) is 7.05 Å². The average molecular weight is 222 g/mol. The zero-order valence-corrected chi connectivity index (χ0v) is 8.97. The molecule has 0 aliphatic carbocycles. The third kappa shape index (κ3) is 2.28. The Balaban J connectivity index is 2.44. The van der Waals surface area contributed by atoms with Crippen LogP contribution in [0.2, 0.25) is 0 Å². The zero-order valence-electron chi connectivity index (χ0n) is 8.15. The minimum atomic E-state index is -0.154. The van der Waals surface area contributed by atoms with Gasteiger partial charge in [-0.3, -0.25) is 4.79 Å². The van der Waals surface area contributed by atoms with Gasteiger partial charge >= 0.3 is 0 Å². The third-order valence-electron chi connectivity index (χ3n) is 1.83. The molecule has 6 heteroatoms. The van der Waals surface area contributed by atoms with E-state index in [0.29, 0.717) is 23.8 Å². The second kappa shape index (κ2) is 4.33. The molecule has 2 heterocycles. The van der Waals surface area contributed by atoms with Gasteiger partial charge in [0, 0.05) is 18.0 Å². The van der Waals surface area contributed by atoms with Gasteiger partial charge in [-0.25, -0.2) is 9.97 Å². The second-order valence-electron chi connectivity index (χ2n) is 2.99. The number of hydrogen-bond donors (Lipinski definition) is 2. The molecule has 78 valence electrons. The maximum Gasteiger partial charge on any atom is 0.251 e. The van der Waals surface area contributed by atoms with Gasteiger partial charge in [0.2, 0.25) is 0 Å². The molecule has 2 N–H and O–H groups in total. The largest absolute Gasteiger partial charge is 0.314 e. The number of nitrogens with one attached hydrogen (secondary N) is 2. The van der Waals surface area contributed by atoms with E-state index in [2.05, 4.69) is 20.3 Å². The van der Waals surface area contributed by atoms with E-state index in [1.165, 1.54) is 17.4 Å². The number of thiazole rings is 1. The maximum atomic E-state index is 11.3. The van der Waals surface area contributed by atoms with Crippen molar-refractivity contribution in [3.8, 4) is 11.5 Å². The molecule has 2 rings (SSSR count). The summed E-state index contributed by atoms with van der Waals surface area (Å²) in [4.78, 5) is 22.4. The van der Waals surface area contributed by atoms with Crippen molar-refractivity contribution in [2.75, 3.05) is 7.05 Å². The predicted molar refractivity (Wildman–Crippen MR) is 58.7 cm³/mol. The highest BCUT2D eigenvalue weighted by atomic mass is 32.1. The molecular formula is C9H10N4OS. The first-order valence-electron chi connectivity index (χ1n) is 4.43. The standard InChI is InChI=1S/C9H10N4OS/c1-10-3-6-2-8(14)13-9(12-6)7-4-15-5-11-7/h2,4-5,10H,3H2,1H3,(H,12,13,14). The van der Waals surface area contributed by atoms with Crippen LogP contribution in [0.5, 0.6) is 0 Å². The van der Waals surface area contributed by atoms with Gasteiger partial charge in [0.15, 0.2) is 5.82 Å². The van der Waals surface area contributed by atoms with Gasteiger partial charge in [0.05, 0.1) is 11.2 Å². The van der Waals surface area contributed by atoms with E-state index in [-0.39, 0.29) is 5.56 Å². The van der Waals surface area contributed by atoms with E-state index in [1.807, 2.05) is 12.4 Å². The summed E-state index contributed by atoms with van der Waals surface area (Å²) in [6, 6.07) is 1.48. The Bertz CT molecular complexity index is 491. The lowest BCUT2D eigenvalue weighted by molar-refractivity contribution is 0.784. The lowest BCUT2D eigenvalue weighted by Crippen LogP contribution is -2.14. The smallest absolute Gasteiger partial charge is 0.251 e. The first kappa shape index (κ1) is 10.0. The zero-order chi connectivity index (χ0) is 10.7. The molecule has 2 aromatic heterocycles. The number of H-pyrrole nitrogens is 1. The third-order valence-corrected chi connectivity index (χ3v) is 2.41. The molecule has 15 heavy (non-hydrogen) atoms. The van der Waals surface area contributed by atoms with Crippen molar-refractivity contribution in [2.45, 2.75) is 6.54 Å². The van der Waals surface area contributed by atoms with Crippen molar-refractivity contribution in [2.24, 2.45) is 0 Å². The summed E-state index contributed by atoms with van der Waals surface area (Å²) >= 11 is 1.47. The predicted octanol–water partition coefficient (Wildman–Crippen LogP) is 0.613. The Morgan fingerprint density at radius 2 is 2.47 bits per heavy atom. The Morgan fingerprint density at radius 1 is 1.60 bits per heavy atom. The Hall–Kier alpha value is -1.53. The molecule has 0 amide bonds. The quantitative estimate of drug-likeness (QED) is 0.798. The fourth-order valence-electron chi connectivity index (χ4n) is 1.23. The van der Waals surface area contributed by atoms with E-state index in [4.69, 9.17) is 0 Å². The van der Waals surface area contributed by atoms with Crippen LogP contribution in [0.1, 0.15) is 5.69 Å². The van der Waals surface area contributed by atoms with Crippen LogP contribution in [0.4, 0.5) is 0 Å². The SMILES string of the molecule is CNCc1cc(=O)[nH]c(-c2cscn2)n1. The number of aromatic amines is 1. The molecule has 0 aromatic carbocycles. The van der Waals surface area contributed by atoms with Gasteiger partial charge < -0.3 is 10.3 Å². The number of rotatable bonds is 3. The maximum absolute atomic E-state index is 11.3. The van der Waals surface area contributed by atoms with E-state index in [0.717, 1.165) is 0 Å². The van der Waals surface area contributed by atoms with Gasteiger partial charge in [0.25, 0.3) is 5.56 Å². The molecule has 0 atom stereocenters. The highest BCUT2D eigenvalue weighted by Gasteiger charge is 2.04. The molecule has 0 aliphatic rings. The lowest BCUT2D eigenvalue weighted by atomic mass is 10.3. The number of hydrogen-bond acceptors (Lipinski definition) is 5. The summed E-state index contributed by atoms with van der Waals surface area (Å²) in [5.74, 6) is 0.522. The average Bonchev–Trinajstić information content (AvgIpc) is 2.70. The van der Waals surface area contributed by atoms with Gasteiger partial charge in [-0.2, -0.15) is 0 Å². The van der Waals surface area contributed by atoms with Gasteiger partial charge in [-0.15, -0.1) is 11.3 Å². The van der Waals surface area contributed by atoms with Gasteiger partial charge in [0.1, 0.15) is 5.69 Å². The van der Waals surface area contributed by atoms with Crippen molar-refractivity contribution in [3.63, 3.8) is 0 Å². The first-order valence-corrected chi connectivity index (χ1v) is 5.37. The molecule has 0 saturated heterocycles. The van der Waals surface area contributed by atoms with Crippen LogP contribution >= 0.6 is 11.3 Å². The topological polar surface area (TPSA) is 70.7 Å². The molecule has 0 aliphatic heterocycles. The Kier molecular flexibility index (Phi) is 2.89. The summed E-state index contributed by atoms with van der Waals surface area (Å²) in [6.07, 6.45) is 0. The molecule has 5 nitrogen and oxygen atoms in total. The fourth-order valence-corrected chi connectivity index (χ4v) is 1.77. The minimum Gasteiger partial charge on any atom is -0.314 e. The van der Waals surface area contributed by atoms with E-state index in [1.54, 1.807) is 5.51 Å². The fraction of sp³-hybridized carbons (Fsp3) is 0.222. The Labute approximate surface area is 90.2 Å². The summed E-state index contributed by atoms with van der Waals surface area (Å²) < 4.78 is 0. The Morgan fingerprint density at radius 3 is 3.13 bits per heavy atom. The monoisotopic (exact) mass is 222 g/mol. The number of aromatic nitrogens is 3. The summed E-state index contributed by atoms with van der Waals surface area (Å²) in [5.41, 5.74) is 2.97. The normalized spacial score (nSPS) is 10.5. The van der Waals surface area contributed by atoms with Crippen LogP contribution in [0.3, 0.4) is 0 Å². The second-order valence-corrected chi connectivity index (χ2v) is 3.71. The molecule has 0 saturated carbocycles. The van der Waals surface area contributed by atoms with Crippen LogP contribution in [0.25, 0.3) is 11.5 Å². The molecule has 0 spiro atoms. The lowest BCUT2D eigenvalue weighted by Gasteiger charge is -2.00. The summed E-state index contributed by atoms with van der Waals surface area (Å²) in [6.45, 7) is 0.570. The van der Waals surface area contributed by atoms with Crippen LogP contribution in [-0.2, 0) is 6.54 Å². The van der Waals surface area contributed by atoms with Crippen molar-refractivity contribution in [1.82, 2.24) is 20.3 Å². The molecule has 0 bridgehead atoms.